The van der Waals surface area contributed by atoms with Gasteiger partial charge in [-0.1, -0.05) is 48.5 Å². The molecule has 0 aliphatic heterocycles. The minimum Gasteiger partial charge on any atom is -0.469 e. The minimum atomic E-state index is -0.663. The second-order valence-electron chi connectivity index (χ2n) is 8.38. The van der Waals surface area contributed by atoms with E-state index in [4.69, 9.17) is 4.74 Å². The smallest absolute Gasteiger partial charge is 0.307 e. The Hall–Kier alpha value is -4.27. The van der Waals surface area contributed by atoms with E-state index in [1.807, 2.05) is 18.2 Å². The summed E-state index contributed by atoms with van der Waals surface area (Å²) in [5, 5.41) is 8.56. The van der Waals surface area contributed by atoms with Crippen molar-refractivity contribution in [3.8, 4) is 11.1 Å². The number of rotatable bonds is 13. The standard InChI is InChI=1S/C28H31FN4O4/c1-37-28(36)18-24(21-14-12-20(13-15-21)22-8-2-3-9-23(22)29)33-27(35)19-32-26(34)11-5-7-17-31-25-10-4-6-16-30-25/h2-4,6,8-10,12-16,24H,5,7,11,17-19H2,1H3,(H,30,31)(H,32,34)(H,33,35). The van der Waals surface area contributed by atoms with Crippen molar-refractivity contribution in [1.29, 1.82) is 0 Å². The van der Waals surface area contributed by atoms with Crippen LogP contribution in [-0.2, 0) is 19.1 Å². The van der Waals surface area contributed by atoms with E-state index in [1.165, 1.54) is 13.2 Å². The molecule has 3 N–H and O–H groups in total. The lowest BCUT2D eigenvalue weighted by atomic mass is 9.98. The largest absolute Gasteiger partial charge is 0.469 e. The molecule has 2 aromatic carbocycles. The number of nitrogens with zero attached hydrogens (tertiary/aromatic N) is 1. The summed E-state index contributed by atoms with van der Waals surface area (Å²) in [4.78, 5) is 40.8. The molecule has 2 amide bonds. The number of carbonyl (C=O) groups is 3. The monoisotopic (exact) mass is 506 g/mol. The first-order valence-corrected chi connectivity index (χ1v) is 12.1. The maximum Gasteiger partial charge on any atom is 0.307 e. The Morgan fingerprint density at radius 1 is 0.946 bits per heavy atom. The first-order valence-electron chi connectivity index (χ1n) is 12.1. The third-order valence-corrected chi connectivity index (χ3v) is 5.68. The van der Waals surface area contributed by atoms with Crippen molar-refractivity contribution < 1.29 is 23.5 Å². The lowest BCUT2D eigenvalue weighted by Crippen LogP contribution is -2.39. The Bertz CT molecular complexity index is 1170. The Kier molecular flexibility index (Phi) is 10.6. The molecule has 8 nitrogen and oxygen atoms in total. The molecule has 194 valence electrons. The Morgan fingerprint density at radius 3 is 2.41 bits per heavy atom. The number of anilines is 1. The van der Waals surface area contributed by atoms with Gasteiger partial charge in [-0.15, -0.1) is 0 Å². The molecule has 0 saturated carbocycles. The van der Waals surface area contributed by atoms with Gasteiger partial charge < -0.3 is 20.7 Å². The van der Waals surface area contributed by atoms with Crippen molar-refractivity contribution >= 4 is 23.6 Å². The molecule has 0 aliphatic rings. The molecule has 37 heavy (non-hydrogen) atoms. The molecule has 0 saturated heterocycles. The molecule has 0 fully saturated rings. The Labute approximate surface area is 215 Å². The molecular formula is C28H31FN4O4. The second kappa shape index (κ2) is 14.3. The minimum absolute atomic E-state index is 0.0848. The van der Waals surface area contributed by atoms with Crippen LogP contribution in [-0.4, -0.2) is 43.0 Å². The van der Waals surface area contributed by atoms with Crippen molar-refractivity contribution in [2.45, 2.75) is 31.7 Å². The predicted molar refractivity (Wildman–Crippen MR) is 139 cm³/mol. The fourth-order valence-corrected chi connectivity index (χ4v) is 3.70. The van der Waals surface area contributed by atoms with Gasteiger partial charge in [0.05, 0.1) is 26.1 Å². The number of amides is 2. The highest BCUT2D eigenvalue weighted by Crippen LogP contribution is 2.25. The van der Waals surface area contributed by atoms with Gasteiger partial charge in [0.2, 0.25) is 11.8 Å². The van der Waals surface area contributed by atoms with Crippen LogP contribution in [0, 0.1) is 5.82 Å². The van der Waals surface area contributed by atoms with E-state index in [-0.39, 0.29) is 24.7 Å². The average Bonchev–Trinajstić information content (AvgIpc) is 2.92. The lowest BCUT2D eigenvalue weighted by Gasteiger charge is -2.19. The van der Waals surface area contributed by atoms with Crippen molar-refractivity contribution in [3.63, 3.8) is 0 Å². The zero-order chi connectivity index (χ0) is 26.5. The normalized spacial score (nSPS) is 11.3. The number of carbonyl (C=O) groups excluding carboxylic acids is 3. The van der Waals surface area contributed by atoms with Crippen LogP contribution in [0.2, 0.25) is 0 Å². The first-order chi connectivity index (χ1) is 18.0. The molecular weight excluding hydrogens is 475 g/mol. The number of nitrogens with one attached hydrogen (secondary N) is 3. The van der Waals surface area contributed by atoms with Crippen LogP contribution in [0.25, 0.3) is 11.1 Å². The maximum atomic E-state index is 14.1. The SMILES string of the molecule is COC(=O)CC(NC(=O)CNC(=O)CCCCNc1ccccn1)c1ccc(-c2ccccc2F)cc1. The molecule has 1 aromatic heterocycles. The highest BCUT2D eigenvalue weighted by Gasteiger charge is 2.19. The van der Waals surface area contributed by atoms with Crippen LogP contribution in [0.1, 0.15) is 37.3 Å². The molecule has 1 atom stereocenters. The molecule has 9 heteroatoms. The average molecular weight is 507 g/mol. The summed E-state index contributed by atoms with van der Waals surface area (Å²) in [5.74, 6) is -0.710. The van der Waals surface area contributed by atoms with Crippen molar-refractivity contribution in [2.24, 2.45) is 0 Å². The third-order valence-electron chi connectivity index (χ3n) is 5.68. The number of ether oxygens (including phenoxy) is 1. The van der Waals surface area contributed by atoms with E-state index in [2.05, 4.69) is 20.9 Å². The van der Waals surface area contributed by atoms with Gasteiger partial charge in [-0.25, -0.2) is 9.37 Å². The van der Waals surface area contributed by atoms with E-state index >= 15 is 0 Å². The quantitative estimate of drug-likeness (QED) is 0.239. The highest BCUT2D eigenvalue weighted by atomic mass is 19.1. The van der Waals surface area contributed by atoms with E-state index in [9.17, 15) is 18.8 Å². The number of aromatic nitrogens is 1. The third kappa shape index (κ3) is 9.03. The summed E-state index contributed by atoms with van der Waals surface area (Å²) in [6.45, 7) is 0.478. The lowest BCUT2D eigenvalue weighted by molar-refractivity contribution is -0.141. The summed E-state index contributed by atoms with van der Waals surface area (Å²) in [7, 11) is 1.27. The summed E-state index contributed by atoms with van der Waals surface area (Å²) in [6, 6.07) is 18.3. The van der Waals surface area contributed by atoms with Gasteiger partial charge in [0, 0.05) is 24.7 Å². The summed E-state index contributed by atoms with van der Waals surface area (Å²) in [6.07, 6.45) is 3.35. The van der Waals surface area contributed by atoms with E-state index in [1.54, 1.807) is 48.7 Å². The van der Waals surface area contributed by atoms with Crippen LogP contribution in [0.3, 0.4) is 0 Å². The number of esters is 1. The zero-order valence-corrected chi connectivity index (χ0v) is 20.7. The van der Waals surface area contributed by atoms with Crippen molar-refractivity contribution in [2.75, 3.05) is 25.5 Å². The van der Waals surface area contributed by atoms with Gasteiger partial charge in [-0.2, -0.15) is 0 Å². The zero-order valence-electron chi connectivity index (χ0n) is 20.7. The number of halogens is 1. The van der Waals surface area contributed by atoms with Crippen LogP contribution >= 0.6 is 0 Å². The summed E-state index contributed by atoms with van der Waals surface area (Å²) >= 11 is 0. The second-order valence-corrected chi connectivity index (χ2v) is 8.38. The molecule has 3 aromatic rings. The van der Waals surface area contributed by atoms with Crippen molar-refractivity contribution in [3.05, 3.63) is 84.3 Å². The molecule has 0 aliphatic carbocycles. The number of hydrogen-bond acceptors (Lipinski definition) is 6. The summed E-state index contributed by atoms with van der Waals surface area (Å²) < 4.78 is 18.9. The van der Waals surface area contributed by atoms with Crippen LogP contribution in [0.4, 0.5) is 10.2 Å². The molecule has 3 rings (SSSR count). The predicted octanol–water partition coefficient (Wildman–Crippen LogP) is 4.01. The van der Waals surface area contributed by atoms with Crippen LogP contribution in [0.5, 0.6) is 0 Å². The fourth-order valence-electron chi connectivity index (χ4n) is 3.70. The van der Waals surface area contributed by atoms with Crippen molar-refractivity contribution in [1.82, 2.24) is 15.6 Å². The molecule has 1 heterocycles. The summed E-state index contributed by atoms with van der Waals surface area (Å²) in [5.41, 5.74) is 1.79. The topological polar surface area (TPSA) is 109 Å². The molecule has 1 unspecified atom stereocenters. The van der Waals surface area contributed by atoms with Gasteiger partial charge >= 0.3 is 5.97 Å². The van der Waals surface area contributed by atoms with Gasteiger partial charge in [-0.3, -0.25) is 14.4 Å². The molecule has 0 spiro atoms. The van der Waals surface area contributed by atoms with Gasteiger partial charge in [-0.05, 0) is 42.2 Å². The van der Waals surface area contributed by atoms with Gasteiger partial charge in [0.15, 0.2) is 0 Å². The van der Waals surface area contributed by atoms with Crippen LogP contribution in [0.15, 0.2) is 72.9 Å². The number of hydrogen-bond donors (Lipinski definition) is 3. The van der Waals surface area contributed by atoms with E-state index < -0.39 is 17.9 Å². The van der Waals surface area contributed by atoms with Crippen LogP contribution < -0.4 is 16.0 Å². The maximum absolute atomic E-state index is 14.1. The Morgan fingerprint density at radius 2 is 1.70 bits per heavy atom. The Balaban J connectivity index is 1.47. The van der Waals surface area contributed by atoms with Gasteiger partial charge in [0.1, 0.15) is 11.6 Å². The molecule has 0 radical (unpaired) electrons. The first kappa shape index (κ1) is 27.3. The fraction of sp³-hybridized carbons (Fsp3) is 0.286. The van der Waals surface area contributed by atoms with E-state index in [0.717, 1.165) is 12.2 Å². The van der Waals surface area contributed by atoms with Gasteiger partial charge in [0.25, 0.3) is 0 Å². The highest BCUT2D eigenvalue weighted by molar-refractivity contribution is 5.85. The molecule has 0 bridgehead atoms. The number of pyridine rings is 1. The number of unbranched alkanes of at least 4 members (excludes halogenated alkanes) is 1. The number of methoxy groups -OCH3 is 1. The number of benzene rings is 2. The van der Waals surface area contributed by atoms with E-state index in [0.29, 0.717) is 36.1 Å².